The molecule has 3 rings (SSSR count). The van der Waals surface area contributed by atoms with E-state index < -0.39 is 0 Å². The van der Waals surface area contributed by atoms with Crippen LogP contribution in [0.2, 0.25) is 0 Å². The number of rotatable bonds is 8. The molecule has 0 N–H and O–H groups in total. The van der Waals surface area contributed by atoms with Crippen molar-refractivity contribution in [3.8, 4) is 28.6 Å². The predicted molar refractivity (Wildman–Crippen MR) is 110 cm³/mol. The highest BCUT2D eigenvalue weighted by Gasteiger charge is 2.26. The molecule has 9 heteroatoms. The topological polar surface area (TPSA) is 84.7 Å². The zero-order chi connectivity index (χ0) is 20.8. The van der Waals surface area contributed by atoms with E-state index in [1.165, 1.54) is 38.1 Å². The van der Waals surface area contributed by atoms with Crippen LogP contribution in [0.4, 0.5) is 0 Å². The number of methoxy groups -OCH3 is 4. The Morgan fingerprint density at radius 1 is 1.03 bits per heavy atom. The first-order valence-electron chi connectivity index (χ1n) is 9.57. The van der Waals surface area contributed by atoms with E-state index in [-0.39, 0.29) is 17.8 Å². The summed E-state index contributed by atoms with van der Waals surface area (Å²) in [6.45, 7) is 0. The average Bonchev–Trinajstić information content (AvgIpc) is 3.20. The zero-order valence-corrected chi connectivity index (χ0v) is 18.1. The normalized spacial score (nSPS) is 14.5. The Balaban J connectivity index is 2.06. The van der Waals surface area contributed by atoms with Gasteiger partial charge in [0.2, 0.25) is 5.75 Å². The van der Waals surface area contributed by atoms with Crippen molar-refractivity contribution >= 4 is 17.7 Å². The maximum absolute atomic E-state index is 11.6. The first-order valence-corrected chi connectivity index (χ1v) is 10.6. The fourth-order valence-corrected chi connectivity index (χ4v) is 4.47. The van der Waals surface area contributed by atoms with Crippen molar-refractivity contribution in [2.24, 2.45) is 0 Å². The van der Waals surface area contributed by atoms with Crippen molar-refractivity contribution in [2.45, 2.75) is 43.3 Å². The number of thioether (sulfide) groups is 1. The van der Waals surface area contributed by atoms with E-state index in [1.807, 2.05) is 12.1 Å². The second kappa shape index (κ2) is 9.87. The third-order valence-corrected chi connectivity index (χ3v) is 5.99. The molecule has 1 aromatic heterocycles. The summed E-state index contributed by atoms with van der Waals surface area (Å²) in [5.41, 5.74) is 0.822. The van der Waals surface area contributed by atoms with Gasteiger partial charge >= 0.3 is 5.97 Å². The third-order valence-electron chi connectivity index (χ3n) is 5.07. The Labute approximate surface area is 174 Å². The van der Waals surface area contributed by atoms with Gasteiger partial charge in [0.25, 0.3) is 0 Å². The van der Waals surface area contributed by atoms with Crippen LogP contribution in [0.5, 0.6) is 17.2 Å². The van der Waals surface area contributed by atoms with Crippen LogP contribution in [-0.2, 0) is 9.53 Å². The van der Waals surface area contributed by atoms with Crippen LogP contribution < -0.4 is 14.2 Å². The van der Waals surface area contributed by atoms with E-state index in [9.17, 15) is 4.79 Å². The van der Waals surface area contributed by atoms with Gasteiger partial charge in [-0.15, -0.1) is 10.2 Å². The van der Waals surface area contributed by atoms with Gasteiger partial charge in [0.1, 0.15) is 0 Å². The second-order valence-electron chi connectivity index (χ2n) is 6.75. The van der Waals surface area contributed by atoms with E-state index in [4.69, 9.17) is 18.9 Å². The monoisotopic (exact) mass is 421 g/mol. The van der Waals surface area contributed by atoms with E-state index in [0.29, 0.717) is 22.4 Å². The first kappa shape index (κ1) is 21.3. The fourth-order valence-electron chi connectivity index (χ4n) is 3.63. The van der Waals surface area contributed by atoms with Crippen LogP contribution in [0.15, 0.2) is 17.3 Å². The number of hydrogen-bond donors (Lipinski definition) is 0. The molecule has 158 valence electrons. The molecule has 1 heterocycles. The van der Waals surface area contributed by atoms with E-state index >= 15 is 0 Å². The van der Waals surface area contributed by atoms with Crippen molar-refractivity contribution in [3.63, 3.8) is 0 Å². The molecule has 1 saturated carbocycles. The molecule has 0 aliphatic heterocycles. The minimum atomic E-state index is -0.289. The van der Waals surface area contributed by atoms with Crippen LogP contribution in [0, 0.1) is 0 Å². The highest BCUT2D eigenvalue weighted by molar-refractivity contribution is 7.99. The maximum atomic E-state index is 11.6. The number of ether oxygens (including phenoxy) is 4. The molecular weight excluding hydrogens is 394 g/mol. The summed E-state index contributed by atoms with van der Waals surface area (Å²) in [5, 5.41) is 9.56. The van der Waals surface area contributed by atoms with E-state index in [1.54, 1.807) is 21.3 Å². The maximum Gasteiger partial charge on any atom is 0.316 e. The van der Waals surface area contributed by atoms with Crippen molar-refractivity contribution in [1.82, 2.24) is 14.8 Å². The molecule has 1 fully saturated rings. The van der Waals surface area contributed by atoms with E-state index in [0.717, 1.165) is 24.2 Å². The Kier molecular flexibility index (Phi) is 7.24. The summed E-state index contributed by atoms with van der Waals surface area (Å²) in [6.07, 6.45) is 5.68. The lowest BCUT2D eigenvalue weighted by Gasteiger charge is -2.26. The third kappa shape index (κ3) is 4.60. The smallest absolute Gasteiger partial charge is 0.316 e. The Hall–Kier alpha value is -2.42. The van der Waals surface area contributed by atoms with E-state index in [2.05, 4.69) is 14.8 Å². The molecule has 0 saturated heterocycles. The van der Waals surface area contributed by atoms with Gasteiger partial charge in [0.05, 0.1) is 34.2 Å². The minimum absolute atomic E-state index is 0.191. The van der Waals surface area contributed by atoms with Gasteiger partial charge in [-0.3, -0.25) is 9.36 Å². The molecule has 8 nitrogen and oxygen atoms in total. The molecule has 0 radical (unpaired) electrons. The van der Waals surface area contributed by atoms with Crippen molar-refractivity contribution in [3.05, 3.63) is 12.1 Å². The number of nitrogens with zero attached hydrogens (tertiary/aromatic N) is 3. The number of carbonyl (C=O) groups excluding carboxylic acids is 1. The molecule has 0 atom stereocenters. The van der Waals surface area contributed by atoms with Gasteiger partial charge in [-0.1, -0.05) is 31.0 Å². The van der Waals surface area contributed by atoms with Gasteiger partial charge < -0.3 is 18.9 Å². The zero-order valence-electron chi connectivity index (χ0n) is 17.3. The average molecular weight is 422 g/mol. The van der Waals surface area contributed by atoms with Crippen molar-refractivity contribution in [2.75, 3.05) is 34.2 Å². The largest absolute Gasteiger partial charge is 0.493 e. The molecule has 1 aromatic carbocycles. The van der Waals surface area contributed by atoms with Crippen molar-refractivity contribution in [1.29, 1.82) is 0 Å². The molecule has 1 aliphatic carbocycles. The van der Waals surface area contributed by atoms with Gasteiger partial charge in [-0.05, 0) is 25.0 Å². The van der Waals surface area contributed by atoms with Gasteiger partial charge in [0.15, 0.2) is 22.5 Å². The molecule has 0 bridgehead atoms. The van der Waals surface area contributed by atoms with Crippen LogP contribution in [0.1, 0.15) is 38.1 Å². The number of hydrogen-bond acceptors (Lipinski definition) is 8. The lowest BCUT2D eigenvalue weighted by molar-refractivity contribution is -0.137. The van der Waals surface area contributed by atoms with Crippen molar-refractivity contribution < 1.29 is 23.7 Å². The molecule has 0 unspecified atom stereocenters. The van der Waals surface area contributed by atoms with Gasteiger partial charge in [-0.25, -0.2) is 0 Å². The molecule has 0 amide bonds. The predicted octanol–water partition coefficient (Wildman–Crippen LogP) is 3.74. The number of carbonyl (C=O) groups is 1. The lowest BCUT2D eigenvalue weighted by atomic mass is 9.95. The summed E-state index contributed by atoms with van der Waals surface area (Å²) in [7, 11) is 6.14. The Morgan fingerprint density at radius 3 is 2.24 bits per heavy atom. The SMILES string of the molecule is COC(=O)CSc1nnc(-c2cc(OC)c(OC)c(OC)c2)n1C1CCCCC1. The summed E-state index contributed by atoms with van der Waals surface area (Å²) >= 11 is 1.34. The highest BCUT2D eigenvalue weighted by Crippen LogP contribution is 2.42. The summed E-state index contributed by atoms with van der Waals surface area (Å²) < 4.78 is 23.3. The lowest BCUT2D eigenvalue weighted by Crippen LogP contribution is -2.16. The summed E-state index contributed by atoms with van der Waals surface area (Å²) in [5.74, 6) is 2.28. The van der Waals surface area contributed by atoms with Gasteiger partial charge in [0, 0.05) is 11.6 Å². The van der Waals surface area contributed by atoms with Crippen LogP contribution in [-0.4, -0.2) is 54.9 Å². The van der Waals surface area contributed by atoms with Gasteiger partial charge in [-0.2, -0.15) is 0 Å². The second-order valence-corrected chi connectivity index (χ2v) is 7.69. The Morgan fingerprint density at radius 2 is 1.69 bits per heavy atom. The molecular formula is C20H27N3O5S. The van der Waals surface area contributed by atoms with Crippen LogP contribution in [0.3, 0.4) is 0 Å². The fraction of sp³-hybridized carbons (Fsp3) is 0.550. The molecule has 0 spiro atoms. The highest BCUT2D eigenvalue weighted by atomic mass is 32.2. The molecule has 2 aromatic rings. The van der Waals surface area contributed by atoms with Crippen LogP contribution >= 0.6 is 11.8 Å². The Bertz CT molecular complexity index is 824. The summed E-state index contributed by atoms with van der Waals surface area (Å²) in [4.78, 5) is 11.6. The summed E-state index contributed by atoms with van der Waals surface area (Å²) in [6, 6.07) is 4.03. The number of esters is 1. The van der Waals surface area contributed by atoms with Crippen LogP contribution in [0.25, 0.3) is 11.4 Å². The minimum Gasteiger partial charge on any atom is -0.493 e. The number of aromatic nitrogens is 3. The molecule has 29 heavy (non-hydrogen) atoms. The molecule has 1 aliphatic rings. The first-order chi connectivity index (χ1) is 14.1. The quantitative estimate of drug-likeness (QED) is 0.471. The number of benzene rings is 1. The standard InChI is InChI=1S/C20H27N3O5S/c1-25-15-10-13(11-16(26-2)18(15)28-4)19-21-22-20(29-12-17(24)27-3)23(19)14-8-6-5-7-9-14/h10-11,14H,5-9,12H2,1-4H3.